The average Bonchev–Trinajstić information content (AvgIpc) is 2.72. The minimum absolute atomic E-state index is 0.0768. The molecule has 7 heteroatoms. The predicted octanol–water partition coefficient (Wildman–Crippen LogP) is 7.24. The summed E-state index contributed by atoms with van der Waals surface area (Å²) in [5, 5.41) is 0.0543. The van der Waals surface area contributed by atoms with Crippen molar-refractivity contribution in [2.24, 2.45) is 5.92 Å². The number of likely N-dealkylation sites (N-methyl/N-ethyl adjacent to an activating group) is 1. The van der Waals surface area contributed by atoms with Gasteiger partial charge in [-0.2, -0.15) is 13.2 Å². The smallest absolute Gasteiger partial charge is 0.300 e. The second kappa shape index (κ2) is 8.42. The third-order valence-corrected chi connectivity index (χ3v) is 7.80. The van der Waals surface area contributed by atoms with E-state index in [0.29, 0.717) is 10.9 Å². The standard InChI is InChI=1S/C24H24Cl2F3NO/c1-30-14-15-8-10-23(30,11-9-15)20(16-4-2-5-17(25)12-16)13-21(31)18-6-3-7-19(22(18)26)24(27,28)29/h2-7,12,15,20H,8-11,13-14H2,1H3. The van der Waals surface area contributed by atoms with Gasteiger partial charge in [-0.25, -0.2) is 0 Å². The first-order valence-electron chi connectivity index (χ1n) is 10.5. The summed E-state index contributed by atoms with van der Waals surface area (Å²) in [6, 6.07) is 11.0. The van der Waals surface area contributed by atoms with E-state index in [1.54, 1.807) is 6.07 Å². The zero-order valence-electron chi connectivity index (χ0n) is 17.2. The highest BCUT2D eigenvalue weighted by molar-refractivity contribution is 6.34. The molecule has 166 valence electrons. The highest BCUT2D eigenvalue weighted by atomic mass is 35.5. The maximum atomic E-state index is 13.3. The Hall–Kier alpha value is -1.56. The Morgan fingerprint density at radius 3 is 2.45 bits per heavy atom. The molecule has 1 aliphatic carbocycles. The number of hydrogen-bond acceptors (Lipinski definition) is 2. The van der Waals surface area contributed by atoms with Gasteiger partial charge in [0.2, 0.25) is 0 Å². The van der Waals surface area contributed by atoms with Gasteiger partial charge in [-0.1, -0.05) is 41.4 Å². The summed E-state index contributed by atoms with van der Waals surface area (Å²) in [5.41, 5.74) is -0.334. The lowest BCUT2D eigenvalue weighted by Crippen LogP contribution is -2.59. The molecule has 1 atom stereocenters. The minimum Gasteiger partial charge on any atom is -0.300 e. The van der Waals surface area contributed by atoms with Crippen molar-refractivity contribution in [2.45, 2.75) is 49.7 Å². The molecule has 3 aliphatic rings. The van der Waals surface area contributed by atoms with E-state index in [1.165, 1.54) is 12.1 Å². The maximum Gasteiger partial charge on any atom is 0.417 e. The number of alkyl halides is 3. The normalized spacial score (nSPS) is 24.9. The van der Waals surface area contributed by atoms with Crippen LogP contribution in [-0.4, -0.2) is 29.8 Å². The summed E-state index contributed by atoms with van der Waals surface area (Å²) >= 11 is 12.3. The average molecular weight is 470 g/mol. The number of carbonyl (C=O) groups excluding carboxylic acids is 1. The molecule has 2 saturated heterocycles. The van der Waals surface area contributed by atoms with Crippen molar-refractivity contribution in [3.63, 3.8) is 0 Å². The number of halogens is 5. The number of hydrogen-bond donors (Lipinski definition) is 0. The first kappa shape index (κ1) is 22.6. The zero-order valence-corrected chi connectivity index (χ0v) is 18.7. The van der Waals surface area contributed by atoms with E-state index in [0.717, 1.165) is 43.9 Å². The second-order valence-electron chi connectivity index (χ2n) is 8.83. The molecule has 2 aromatic carbocycles. The Bertz CT molecular complexity index is 983. The van der Waals surface area contributed by atoms with Gasteiger partial charge in [0.15, 0.2) is 5.78 Å². The van der Waals surface area contributed by atoms with Gasteiger partial charge in [0.05, 0.1) is 10.6 Å². The van der Waals surface area contributed by atoms with E-state index >= 15 is 0 Å². The van der Waals surface area contributed by atoms with Crippen LogP contribution in [0.4, 0.5) is 13.2 Å². The first-order chi connectivity index (χ1) is 14.6. The van der Waals surface area contributed by atoms with E-state index in [4.69, 9.17) is 23.2 Å². The number of benzene rings is 2. The fourth-order valence-corrected chi connectivity index (χ4v) is 6.07. The molecule has 1 unspecified atom stereocenters. The van der Waals surface area contributed by atoms with Crippen molar-refractivity contribution < 1.29 is 18.0 Å². The van der Waals surface area contributed by atoms with E-state index in [1.807, 2.05) is 18.2 Å². The van der Waals surface area contributed by atoms with Gasteiger partial charge in [0.1, 0.15) is 0 Å². The largest absolute Gasteiger partial charge is 0.417 e. The molecule has 2 aliphatic heterocycles. The molecule has 0 spiro atoms. The molecular weight excluding hydrogens is 446 g/mol. The van der Waals surface area contributed by atoms with E-state index in [-0.39, 0.29) is 29.2 Å². The molecule has 0 amide bonds. The highest BCUT2D eigenvalue weighted by Crippen LogP contribution is 2.51. The molecule has 0 N–H and O–H groups in total. The van der Waals surface area contributed by atoms with Crippen LogP contribution in [0.15, 0.2) is 42.5 Å². The summed E-state index contributed by atoms with van der Waals surface area (Å²) in [7, 11) is 2.09. The third kappa shape index (κ3) is 4.24. The van der Waals surface area contributed by atoms with Crippen LogP contribution in [0, 0.1) is 5.92 Å². The van der Waals surface area contributed by atoms with Crippen LogP contribution in [0.3, 0.4) is 0 Å². The van der Waals surface area contributed by atoms with Gasteiger partial charge in [-0.15, -0.1) is 0 Å². The summed E-state index contributed by atoms with van der Waals surface area (Å²) < 4.78 is 39.9. The van der Waals surface area contributed by atoms with Crippen molar-refractivity contribution >= 4 is 29.0 Å². The Balaban J connectivity index is 1.73. The van der Waals surface area contributed by atoms with E-state index < -0.39 is 16.8 Å². The lowest BCUT2D eigenvalue weighted by molar-refractivity contribution is -0.137. The van der Waals surface area contributed by atoms with Crippen LogP contribution in [0.25, 0.3) is 0 Å². The van der Waals surface area contributed by atoms with E-state index in [2.05, 4.69) is 11.9 Å². The van der Waals surface area contributed by atoms with Gasteiger partial charge in [-0.3, -0.25) is 9.69 Å². The van der Waals surface area contributed by atoms with Gasteiger partial charge >= 0.3 is 6.18 Å². The van der Waals surface area contributed by atoms with Crippen LogP contribution in [-0.2, 0) is 6.18 Å². The quantitative estimate of drug-likeness (QED) is 0.430. The monoisotopic (exact) mass is 469 g/mol. The molecule has 2 nitrogen and oxygen atoms in total. The number of Topliss-reactive ketones (excluding diaryl/α,β-unsaturated/α-hetero) is 1. The van der Waals surface area contributed by atoms with Gasteiger partial charge in [-0.05, 0) is 68.5 Å². The van der Waals surface area contributed by atoms with E-state index in [9.17, 15) is 18.0 Å². The number of fused-ring (bicyclic) bond motifs is 3. The van der Waals surface area contributed by atoms with Crippen molar-refractivity contribution in [1.29, 1.82) is 0 Å². The molecule has 31 heavy (non-hydrogen) atoms. The van der Waals surface area contributed by atoms with Crippen LogP contribution < -0.4 is 0 Å². The summed E-state index contributed by atoms with van der Waals surface area (Å²) in [6.45, 7) is 0.968. The summed E-state index contributed by atoms with van der Waals surface area (Å²) in [6.07, 6.45) is -0.430. The molecule has 0 radical (unpaired) electrons. The highest BCUT2D eigenvalue weighted by Gasteiger charge is 2.50. The third-order valence-electron chi connectivity index (χ3n) is 7.16. The van der Waals surface area contributed by atoms with Crippen LogP contribution in [0.2, 0.25) is 10.0 Å². The van der Waals surface area contributed by atoms with Crippen LogP contribution >= 0.6 is 23.2 Å². The number of piperidine rings is 2. The van der Waals surface area contributed by atoms with Crippen molar-refractivity contribution in [3.8, 4) is 0 Å². The SMILES string of the molecule is CN1CC2CCC1(C(CC(=O)c1cccc(C(F)(F)F)c1Cl)c1cccc(Cl)c1)CC2. The van der Waals surface area contributed by atoms with Gasteiger partial charge < -0.3 is 0 Å². The molecule has 5 rings (SSSR count). The second-order valence-corrected chi connectivity index (χ2v) is 9.64. The summed E-state index contributed by atoms with van der Waals surface area (Å²) in [5.74, 6) is 0.104. The number of rotatable bonds is 5. The maximum absolute atomic E-state index is 13.3. The lowest BCUT2D eigenvalue weighted by Gasteiger charge is -2.57. The van der Waals surface area contributed by atoms with Crippen LogP contribution in [0.1, 0.15) is 59.5 Å². The molecule has 2 heterocycles. The first-order valence-corrected chi connectivity index (χ1v) is 11.2. The number of nitrogens with zero attached hydrogens (tertiary/aromatic N) is 1. The Kier molecular flexibility index (Phi) is 6.14. The summed E-state index contributed by atoms with van der Waals surface area (Å²) in [4.78, 5) is 15.7. The molecule has 1 saturated carbocycles. The molecule has 3 fully saturated rings. The van der Waals surface area contributed by atoms with Crippen molar-refractivity contribution in [1.82, 2.24) is 4.90 Å². The number of carbonyl (C=O) groups is 1. The predicted molar refractivity (Wildman–Crippen MR) is 117 cm³/mol. The fraction of sp³-hybridized carbons (Fsp3) is 0.458. The minimum atomic E-state index is -4.61. The van der Waals surface area contributed by atoms with Gasteiger partial charge in [0.25, 0.3) is 0 Å². The topological polar surface area (TPSA) is 20.3 Å². The van der Waals surface area contributed by atoms with Gasteiger partial charge in [0, 0.05) is 35.0 Å². The number of ketones is 1. The van der Waals surface area contributed by atoms with Crippen molar-refractivity contribution in [3.05, 3.63) is 69.2 Å². The molecule has 2 bridgehead atoms. The fourth-order valence-electron chi connectivity index (χ4n) is 5.53. The molecular formula is C24H24Cl2F3NO. The lowest BCUT2D eigenvalue weighted by atomic mass is 9.62. The van der Waals surface area contributed by atoms with Crippen LogP contribution in [0.5, 0.6) is 0 Å². The Labute approximate surface area is 190 Å². The molecule has 0 aromatic heterocycles. The Morgan fingerprint density at radius 1 is 1.16 bits per heavy atom. The molecule has 2 aromatic rings. The zero-order chi connectivity index (χ0) is 22.4. The Morgan fingerprint density at radius 2 is 1.84 bits per heavy atom. The van der Waals surface area contributed by atoms with Crippen molar-refractivity contribution in [2.75, 3.05) is 13.6 Å².